The summed E-state index contributed by atoms with van der Waals surface area (Å²) in [6.45, 7) is 0.669. The summed E-state index contributed by atoms with van der Waals surface area (Å²) in [6, 6.07) is 6.52. The number of benzene rings is 1. The fourth-order valence-electron chi connectivity index (χ4n) is 2.00. The van der Waals surface area contributed by atoms with Gasteiger partial charge in [0.05, 0.1) is 22.7 Å². The Morgan fingerprint density at radius 2 is 2.42 bits per heavy atom. The Balaban J connectivity index is 2.00. The maximum atomic E-state index is 12.0. The van der Waals surface area contributed by atoms with Crippen LogP contribution in [0.5, 0.6) is 0 Å². The molecule has 1 aliphatic heterocycles. The Morgan fingerprint density at radius 1 is 1.63 bits per heavy atom. The lowest BCUT2D eigenvalue weighted by molar-refractivity contribution is -0.118. The van der Waals surface area contributed by atoms with E-state index in [2.05, 4.69) is 10.6 Å². The molecule has 1 heterocycles. The zero-order valence-corrected chi connectivity index (χ0v) is 11.2. The molecule has 0 aliphatic carbocycles. The van der Waals surface area contributed by atoms with Crippen molar-refractivity contribution < 1.29 is 9.53 Å². The maximum absolute atomic E-state index is 12.0. The van der Waals surface area contributed by atoms with E-state index in [1.54, 1.807) is 25.3 Å². The van der Waals surface area contributed by atoms with Crippen LogP contribution in [0.15, 0.2) is 18.2 Å². The number of amides is 1. The minimum Gasteiger partial charge on any atom is -0.380 e. The number of nitrogens with one attached hydrogen (secondary N) is 2. The average Bonchev–Trinajstić information content (AvgIpc) is 2.88. The van der Waals surface area contributed by atoms with Gasteiger partial charge in [-0.05, 0) is 24.6 Å². The van der Waals surface area contributed by atoms with E-state index in [9.17, 15) is 4.79 Å². The van der Waals surface area contributed by atoms with E-state index in [1.165, 1.54) is 0 Å². The maximum Gasteiger partial charge on any atom is 0.241 e. The number of rotatable bonds is 3. The summed E-state index contributed by atoms with van der Waals surface area (Å²) in [6.07, 6.45) is 0.715. The topological polar surface area (TPSA) is 74.2 Å². The van der Waals surface area contributed by atoms with Crippen molar-refractivity contribution in [2.24, 2.45) is 0 Å². The number of nitriles is 1. The molecule has 1 fully saturated rings. The van der Waals surface area contributed by atoms with E-state index in [0.717, 1.165) is 0 Å². The van der Waals surface area contributed by atoms with E-state index in [4.69, 9.17) is 21.6 Å². The molecule has 19 heavy (non-hydrogen) atoms. The highest BCUT2D eigenvalue weighted by Crippen LogP contribution is 2.21. The van der Waals surface area contributed by atoms with E-state index < -0.39 is 0 Å². The molecule has 5 nitrogen and oxygen atoms in total. The first-order chi connectivity index (χ1) is 9.13. The molecule has 6 heteroatoms. The summed E-state index contributed by atoms with van der Waals surface area (Å²) in [5.41, 5.74) is 0.967. The third kappa shape index (κ3) is 3.24. The average molecular weight is 280 g/mol. The quantitative estimate of drug-likeness (QED) is 0.880. The second-order valence-corrected chi connectivity index (χ2v) is 4.76. The monoisotopic (exact) mass is 279 g/mol. The number of carbonyl (C=O) groups excluding carboxylic acids is 1. The zero-order valence-electron chi connectivity index (χ0n) is 10.4. The molecule has 100 valence electrons. The van der Waals surface area contributed by atoms with Gasteiger partial charge in [0.15, 0.2) is 0 Å². The van der Waals surface area contributed by atoms with Crippen molar-refractivity contribution in [1.29, 1.82) is 5.26 Å². The Morgan fingerprint density at radius 3 is 3.00 bits per heavy atom. The summed E-state index contributed by atoms with van der Waals surface area (Å²) in [4.78, 5) is 12.0. The summed E-state index contributed by atoms with van der Waals surface area (Å²) in [5, 5.41) is 15.0. The fourth-order valence-corrected chi connectivity index (χ4v) is 2.22. The zero-order chi connectivity index (χ0) is 13.8. The van der Waals surface area contributed by atoms with E-state index in [-0.39, 0.29) is 18.1 Å². The summed E-state index contributed by atoms with van der Waals surface area (Å²) in [5.74, 6) is -0.125. The molecule has 0 spiro atoms. The van der Waals surface area contributed by atoms with Crippen LogP contribution >= 0.6 is 11.6 Å². The van der Waals surface area contributed by atoms with E-state index in [0.29, 0.717) is 29.2 Å². The van der Waals surface area contributed by atoms with Gasteiger partial charge in [0.25, 0.3) is 0 Å². The lowest BCUT2D eigenvalue weighted by Gasteiger charge is -2.11. The lowest BCUT2D eigenvalue weighted by atomic mass is 10.1. The molecule has 0 saturated carbocycles. The van der Waals surface area contributed by atoms with Gasteiger partial charge in [0.1, 0.15) is 6.07 Å². The number of anilines is 1. The molecule has 1 aliphatic rings. The second-order valence-electron chi connectivity index (χ2n) is 4.35. The van der Waals surface area contributed by atoms with Crippen LogP contribution in [0.4, 0.5) is 5.69 Å². The van der Waals surface area contributed by atoms with Crippen LogP contribution in [0, 0.1) is 11.3 Å². The highest BCUT2D eigenvalue weighted by atomic mass is 35.5. The van der Waals surface area contributed by atoms with Crippen molar-refractivity contribution in [3.8, 4) is 6.07 Å². The van der Waals surface area contributed by atoms with Gasteiger partial charge >= 0.3 is 0 Å². The van der Waals surface area contributed by atoms with Crippen LogP contribution in [-0.2, 0) is 9.53 Å². The van der Waals surface area contributed by atoms with Gasteiger partial charge in [-0.1, -0.05) is 11.6 Å². The molecule has 0 radical (unpaired) electrons. The first kappa shape index (κ1) is 13.8. The van der Waals surface area contributed by atoms with Crippen molar-refractivity contribution in [2.75, 3.05) is 19.0 Å². The molecule has 1 aromatic rings. The van der Waals surface area contributed by atoms with Crippen LogP contribution in [0.3, 0.4) is 0 Å². The molecular weight excluding hydrogens is 266 g/mol. The van der Waals surface area contributed by atoms with Gasteiger partial charge in [0.2, 0.25) is 5.91 Å². The minimum atomic E-state index is -0.264. The number of halogens is 1. The van der Waals surface area contributed by atoms with Gasteiger partial charge in [-0.25, -0.2) is 0 Å². The van der Waals surface area contributed by atoms with Crippen molar-refractivity contribution in [1.82, 2.24) is 5.32 Å². The minimum absolute atomic E-state index is 0.0697. The lowest BCUT2D eigenvalue weighted by Crippen LogP contribution is -2.35. The summed E-state index contributed by atoms with van der Waals surface area (Å²) in [7, 11) is 1.63. The molecule has 1 saturated heterocycles. The van der Waals surface area contributed by atoms with Gasteiger partial charge in [-0.2, -0.15) is 5.26 Å². The molecule has 0 aromatic heterocycles. The van der Waals surface area contributed by atoms with Crippen molar-refractivity contribution in [3.05, 3.63) is 28.8 Å². The largest absolute Gasteiger partial charge is 0.380 e. The number of ether oxygens (including phenoxy) is 1. The highest BCUT2D eigenvalue weighted by molar-refractivity contribution is 6.32. The first-order valence-corrected chi connectivity index (χ1v) is 6.28. The molecule has 1 aromatic carbocycles. The Hall–Kier alpha value is -1.61. The number of hydrogen-bond acceptors (Lipinski definition) is 4. The van der Waals surface area contributed by atoms with Crippen LogP contribution < -0.4 is 10.6 Å². The SMILES string of the molecule is COC1CNC(C(=O)Nc2ccc(C#N)c(Cl)c2)C1. The van der Waals surface area contributed by atoms with E-state index >= 15 is 0 Å². The number of nitrogens with zero attached hydrogens (tertiary/aromatic N) is 1. The predicted molar refractivity (Wildman–Crippen MR) is 72.0 cm³/mol. The van der Waals surface area contributed by atoms with Crippen molar-refractivity contribution in [3.63, 3.8) is 0 Å². The second kappa shape index (κ2) is 6.02. The molecule has 0 bridgehead atoms. The normalized spacial score (nSPS) is 21.9. The third-order valence-electron chi connectivity index (χ3n) is 3.10. The predicted octanol–water partition coefficient (Wildman–Crippen LogP) is 1.53. The third-order valence-corrected chi connectivity index (χ3v) is 3.41. The van der Waals surface area contributed by atoms with Gasteiger partial charge < -0.3 is 15.4 Å². The van der Waals surface area contributed by atoms with Gasteiger partial charge in [-0.15, -0.1) is 0 Å². The standard InChI is InChI=1S/C13H14ClN3O2/c1-19-10-5-12(16-7-10)13(18)17-9-3-2-8(6-15)11(14)4-9/h2-4,10,12,16H,5,7H2,1H3,(H,17,18). The Bertz CT molecular complexity index is 527. The van der Waals surface area contributed by atoms with Crippen LogP contribution in [-0.4, -0.2) is 31.7 Å². The molecule has 2 atom stereocenters. The molecule has 2 rings (SSSR count). The Kier molecular flexibility index (Phi) is 4.38. The van der Waals surface area contributed by atoms with E-state index in [1.807, 2.05) is 6.07 Å². The van der Waals surface area contributed by atoms with Crippen molar-refractivity contribution in [2.45, 2.75) is 18.6 Å². The van der Waals surface area contributed by atoms with Gasteiger partial charge in [-0.3, -0.25) is 4.79 Å². The summed E-state index contributed by atoms with van der Waals surface area (Å²) < 4.78 is 5.19. The van der Waals surface area contributed by atoms with Crippen LogP contribution in [0.25, 0.3) is 0 Å². The highest BCUT2D eigenvalue weighted by Gasteiger charge is 2.29. The summed E-state index contributed by atoms with van der Waals surface area (Å²) >= 11 is 5.91. The first-order valence-electron chi connectivity index (χ1n) is 5.90. The number of carbonyl (C=O) groups is 1. The molecule has 2 N–H and O–H groups in total. The van der Waals surface area contributed by atoms with Crippen LogP contribution in [0.2, 0.25) is 5.02 Å². The molecular formula is C13H14ClN3O2. The van der Waals surface area contributed by atoms with Crippen LogP contribution in [0.1, 0.15) is 12.0 Å². The fraction of sp³-hybridized carbons (Fsp3) is 0.385. The molecule has 1 amide bonds. The number of methoxy groups -OCH3 is 1. The molecule has 2 unspecified atom stereocenters. The van der Waals surface area contributed by atoms with Gasteiger partial charge in [0, 0.05) is 19.3 Å². The van der Waals surface area contributed by atoms with Crippen molar-refractivity contribution >= 4 is 23.2 Å². The Labute approximate surface area is 116 Å². The smallest absolute Gasteiger partial charge is 0.241 e. The number of hydrogen-bond donors (Lipinski definition) is 2.